The van der Waals surface area contributed by atoms with Gasteiger partial charge in [0.05, 0.1) is 0 Å². The van der Waals surface area contributed by atoms with Crippen LogP contribution in [0.2, 0.25) is 0 Å². The summed E-state index contributed by atoms with van der Waals surface area (Å²) in [4.78, 5) is 3.67. The molecule has 1 nitrogen and oxygen atoms in total. The summed E-state index contributed by atoms with van der Waals surface area (Å²) in [6, 6.07) is 34.3. The fourth-order valence-electron chi connectivity index (χ4n) is 3.62. The highest BCUT2D eigenvalue weighted by Gasteiger charge is 2.11. The summed E-state index contributed by atoms with van der Waals surface area (Å²) in [7, 11) is 0. The van der Waals surface area contributed by atoms with E-state index >= 15 is 0 Å². The predicted molar refractivity (Wildman–Crippen MR) is 133 cm³/mol. The van der Waals surface area contributed by atoms with E-state index in [4.69, 9.17) is 0 Å². The molecule has 0 amide bonds. The van der Waals surface area contributed by atoms with Crippen LogP contribution in [0.4, 0.5) is 17.1 Å². The highest BCUT2D eigenvalue weighted by molar-refractivity contribution is 7.11. The minimum absolute atomic E-state index is 1.12. The van der Waals surface area contributed by atoms with Crippen molar-refractivity contribution in [3.8, 4) is 0 Å². The summed E-state index contributed by atoms with van der Waals surface area (Å²) in [6.07, 6.45) is 5.90. The molecule has 0 bridgehead atoms. The third kappa shape index (κ3) is 4.90. The molecule has 0 saturated carbocycles. The third-order valence-electron chi connectivity index (χ3n) is 5.16. The van der Waals surface area contributed by atoms with Crippen molar-refractivity contribution in [2.24, 2.45) is 0 Å². The van der Waals surface area contributed by atoms with Crippen molar-refractivity contribution in [1.82, 2.24) is 0 Å². The molecule has 0 saturated heterocycles. The molecule has 0 aliphatic rings. The molecule has 1 heterocycles. The monoisotopic (exact) mass is 409 g/mol. The Bertz CT molecular complexity index is 1010. The Morgan fingerprint density at radius 1 is 0.733 bits per heavy atom. The lowest BCUT2D eigenvalue weighted by Crippen LogP contribution is -2.09. The first-order chi connectivity index (χ1) is 14.8. The van der Waals surface area contributed by atoms with E-state index in [1.807, 2.05) is 11.3 Å². The van der Waals surface area contributed by atoms with Gasteiger partial charge in [-0.2, -0.15) is 0 Å². The molecule has 150 valence electrons. The number of benzene rings is 3. The topological polar surface area (TPSA) is 3.24 Å². The Labute approximate surface area is 184 Å². The minimum Gasteiger partial charge on any atom is -0.311 e. The number of rotatable bonds is 8. The molecule has 0 radical (unpaired) electrons. The molecule has 0 fully saturated rings. The van der Waals surface area contributed by atoms with Crippen molar-refractivity contribution in [2.45, 2.75) is 26.2 Å². The maximum Gasteiger partial charge on any atom is 0.0462 e. The number of thiophene rings is 1. The van der Waals surface area contributed by atoms with Crippen molar-refractivity contribution in [2.75, 3.05) is 4.90 Å². The largest absolute Gasteiger partial charge is 0.311 e. The molecule has 0 atom stereocenters. The van der Waals surface area contributed by atoms with Gasteiger partial charge in [0.2, 0.25) is 0 Å². The summed E-state index contributed by atoms with van der Waals surface area (Å²) in [5.41, 5.74) is 6.17. The molecule has 0 N–H and O–H groups in total. The number of para-hydroxylation sites is 2. The van der Waals surface area contributed by atoms with Crippen LogP contribution >= 0.6 is 11.3 Å². The average Bonchev–Trinajstić information content (AvgIpc) is 3.34. The van der Waals surface area contributed by atoms with E-state index < -0.39 is 0 Å². The van der Waals surface area contributed by atoms with E-state index in [0.29, 0.717) is 0 Å². The minimum atomic E-state index is 1.12. The summed E-state index contributed by atoms with van der Waals surface area (Å²) in [5, 5.41) is 2.16. The standard InChI is InChI=1S/C28H27NS/c1-2-3-11-24(28-16-10-21-30-28)22-23-17-19-27(20-18-23)29(25-12-6-4-7-13-25)26-14-8-5-9-15-26/h4-10,12-22H,2-3,11H2,1H3. The molecule has 30 heavy (non-hydrogen) atoms. The van der Waals surface area contributed by atoms with Crippen LogP contribution in [-0.2, 0) is 0 Å². The zero-order valence-corrected chi connectivity index (χ0v) is 18.2. The van der Waals surface area contributed by atoms with Gasteiger partial charge in [-0.05, 0) is 71.8 Å². The second-order valence-electron chi connectivity index (χ2n) is 7.35. The number of allylic oxidation sites excluding steroid dienone is 1. The molecule has 2 heteroatoms. The van der Waals surface area contributed by atoms with Gasteiger partial charge in [0, 0.05) is 21.9 Å². The van der Waals surface area contributed by atoms with Crippen molar-refractivity contribution < 1.29 is 0 Å². The van der Waals surface area contributed by atoms with E-state index in [0.717, 1.165) is 23.5 Å². The van der Waals surface area contributed by atoms with Crippen LogP contribution in [0.3, 0.4) is 0 Å². The van der Waals surface area contributed by atoms with Gasteiger partial charge in [-0.25, -0.2) is 0 Å². The lowest BCUT2D eigenvalue weighted by Gasteiger charge is -2.25. The van der Waals surface area contributed by atoms with Gasteiger partial charge in [-0.15, -0.1) is 11.3 Å². The van der Waals surface area contributed by atoms with Crippen molar-refractivity contribution in [3.05, 3.63) is 113 Å². The smallest absolute Gasteiger partial charge is 0.0462 e. The van der Waals surface area contributed by atoms with Crippen LogP contribution in [0.15, 0.2) is 102 Å². The predicted octanol–water partition coefficient (Wildman–Crippen LogP) is 8.95. The molecular formula is C28H27NS. The molecule has 0 aliphatic heterocycles. The number of anilines is 3. The normalized spacial score (nSPS) is 11.4. The summed E-state index contributed by atoms with van der Waals surface area (Å²) in [6.45, 7) is 2.25. The lowest BCUT2D eigenvalue weighted by atomic mass is 10.0. The number of nitrogens with zero attached hydrogens (tertiary/aromatic N) is 1. The fraction of sp³-hybridized carbons (Fsp3) is 0.143. The van der Waals surface area contributed by atoms with Gasteiger partial charge >= 0.3 is 0 Å². The van der Waals surface area contributed by atoms with Crippen LogP contribution in [0, 0.1) is 0 Å². The molecule has 4 rings (SSSR count). The van der Waals surface area contributed by atoms with E-state index in [9.17, 15) is 0 Å². The Morgan fingerprint density at radius 2 is 1.33 bits per heavy atom. The SMILES string of the molecule is CCCCC(=Cc1ccc(N(c2ccccc2)c2ccccc2)cc1)c1cccs1. The number of unbranched alkanes of at least 4 members (excludes halogenated alkanes) is 1. The molecule has 1 aromatic heterocycles. The molecule has 4 aromatic rings. The third-order valence-corrected chi connectivity index (χ3v) is 6.10. The van der Waals surface area contributed by atoms with Crippen LogP contribution in [0.25, 0.3) is 11.6 Å². The molecule has 0 spiro atoms. The van der Waals surface area contributed by atoms with E-state index in [1.165, 1.54) is 28.9 Å². The van der Waals surface area contributed by atoms with Crippen molar-refractivity contribution >= 4 is 40.0 Å². The molecular weight excluding hydrogens is 382 g/mol. The Hall–Kier alpha value is -3.10. The fourth-order valence-corrected chi connectivity index (χ4v) is 4.39. The lowest BCUT2D eigenvalue weighted by molar-refractivity contribution is 0.826. The quantitative estimate of drug-likeness (QED) is 0.281. The van der Waals surface area contributed by atoms with E-state index in [1.54, 1.807) is 0 Å². The van der Waals surface area contributed by atoms with Gasteiger partial charge in [0.1, 0.15) is 0 Å². The Kier molecular flexibility index (Phi) is 6.79. The summed E-state index contributed by atoms with van der Waals surface area (Å²) in [5.74, 6) is 0. The first-order valence-electron chi connectivity index (χ1n) is 10.6. The summed E-state index contributed by atoms with van der Waals surface area (Å²) >= 11 is 1.83. The first-order valence-corrected chi connectivity index (χ1v) is 11.5. The van der Waals surface area contributed by atoms with Gasteiger partial charge in [-0.3, -0.25) is 0 Å². The molecule has 3 aromatic carbocycles. The van der Waals surface area contributed by atoms with Gasteiger partial charge in [-0.1, -0.05) is 74.0 Å². The van der Waals surface area contributed by atoms with Gasteiger partial charge in [0.15, 0.2) is 0 Å². The second kappa shape index (κ2) is 10.1. The number of hydrogen-bond donors (Lipinski definition) is 0. The van der Waals surface area contributed by atoms with Crippen molar-refractivity contribution in [3.63, 3.8) is 0 Å². The first kappa shape index (κ1) is 20.2. The highest BCUT2D eigenvalue weighted by atomic mass is 32.1. The molecule has 0 aliphatic carbocycles. The maximum absolute atomic E-state index is 2.35. The Morgan fingerprint density at radius 3 is 1.87 bits per heavy atom. The van der Waals surface area contributed by atoms with E-state index in [2.05, 4.69) is 120 Å². The second-order valence-corrected chi connectivity index (χ2v) is 8.30. The van der Waals surface area contributed by atoms with Crippen molar-refractivity contribution in [1.29, 1.82) is 0 Å². The van der Waals surface area contributed by atoms with Gasteiger partial charge in [0.25, 0.3) is 0 Å². The van der Waals surface area contributed by atoms with Crippen LogP contribution in [0.5, 0.6) is 0 Å². The zero-order chi connectivity index (χ0) is 20.6. The number of hydrogen-bond acceptors (Lipinski definition) is 2. The average molecular weight is 410 g/mol. The summed E-state index contributed by atoms with van der Waals surface area (Å²) < 4.78 is 0. The van der Waals surface area contributed by atoms with E-state index in [-0.39, 0.29) is 0 Å². The van der Waals surface area contributed by atoms with Crippen LogP contribution < -0.4 is 4.90 Å². The zero-order valence-electron chi connectivity index (χ0n) is 17.4. The van der Waals surface area contributed by atoms with Gasteiger partial charge < -0.3 is 4.90 Å². The Balaban J connectivity index is 1.67. The van der Waals surface area contributed by atoms with Crippen LogP contribution in [-0.4, -0.2) is 0 Å². The molecule has 0 unspecified atom stereocenters. The maximum atomic E-state index is 2.35. The highest BCUT2D eigenvalue weighted by Crippen LogP contribution is 2.35. The van der Waals surface area contributed by atoms with Crippen LogP contribution in [0.1, 0.15) is 36.6 Å².